The summed E-state index contributed by atoms with van der Waals surface area (Å²) in [5.41, 5.74) is 8.22. The number of nitrogens with two attached hydrogens (primary N) is 1. The van der Waals surface area contributed by atoms with E-state index >= 15 is 0 Å². The number of likely N-dealkylation sites (N-methyl/N-ethyl adjacent to an activating group) is 1. The highest BCUT2D eigenvalue weighted by molar-refractivity contribution is 5.77. The van der Waals surface area contributed by atoms with Crippen molar-refractivity contribution in [3.05, 3.63) is 65.7 Å². The lowest BCUT2D eigenvalue weighted by Gasteiger charge is -2.22. The van der Waals surface area contributed by atoms with E-state index < -0.39 is 6.04 Å². The number of hydrogen-bond donors (Lipinski definition) is 1. The van der Waals surface area contributed by atoms with Crippen molar-refractivity contribution >= 4 is 12.0 Å². The molecule has 0 fully saturated rings. The Morgan fingerprint density at radius 1 is 1.11 bits per heavy atom. The molecule has 5 heteroatoms. The van der Waals surface area contributed by atoms with Crippen LogP contribution in [-0.2, 0) is 4.79 Å². The number of carbonyl (C=O) groups excluding carboxylic acids is 1. The van der Waals surface area contributed by atoms with Gasteiger partial charge < -0.3 is 20.1 Å². The molecule has 0 saturated carbocycles. The molecule has 1 unspecified atom stereocenters. The zero-order chi connectivity index (χ0) is 19.6. The highest BCUT2D eigenvalue weighted by atomic mass is 16.5. The van der Waals surface area contributed by atoms with Crippen LogP contribution in [0.5, 0.6) is 11.5 Å². The van der Waals surface area contributed by atoms with E-state index in [1.807, 2.05) is 61.5 Å². The van der Waals surface area contributed by atoms with Gasteiger partial charge in [-0.05, 0) is 30.2 Å². The first-order valence-corrected chi connectivity index (χ1v) is 9.05. The first-order chi connectivity index (χ1) is 13.1. The SMILES string of the molecule is CCN(CC=Cc1ccccc1)C(=O)CC(N)c1ccc(OC)c(OC)c1. The highest BCUT2D eigenvalue weighted by Gasteiger charge is 2.17. The molecular weight excluding hydrogens is 340 g/mol. The van der Waals surface area contributed by atoms with E-state index in [9.17, 15) is 4.79 Å². The van der Waals surface area contributed by atoms with Gasteiger partial charge in [-0.2, -0.15) is 0 Å². The Kier molecular flexibility index (Phi) is 7.89. The molecule has 0 spiro atoms. The smallest absolute Gasteiger partial charge is 0.224 e. The molecular formula is C22H28N2O3. The molecule has 0 bridgehead atoms. The molecule has 0 aliphatic rings. The minimum atomic E-state index is -0.399. The number of rotatable bonds is 9. The van der Waals surface area contributed by atoms with Gasteiger partial charge in [-0.1, -0.05) is 48.6 Å². The second kappa shape index (κ2) is 10.4. The first-order valence-electron chi connectivity index (χ1n) is 9.05. The molecule has 0 saturated heterocycles. The van der Waals surface area contributed by atoms with Crippen LogP contribution in [0.2, 0.25) is 0 Å². The molecule has 27 heavy (non-hydrogen) atoms. The summed E-state index contributed by atoms with van der Waals surface area (Å²) >= 11 is 0. The maximum absolute atomic E-state index is 12.6. The summed E-state index contributed by atoms with van der Waals surface area (Å²) < 4.78 is 10.6. The summed E-state index contributed by atoms with van der Waals surface area (Å²) in [6.45, 7) is 3.16. The van der Waals surface area contributed by atoms with Gasteiger partial charge in [0.05, 0.1) is 14.2 Å². The average molecular weight is 368 g/mol. The Labute approximate surface area is 161 Å². The van der Waals surface area contributed by atoms with Crippen LogP contribution in [0.1, 0.15) is 30.5 Å². The molecule has 2 aromatic carbocycles. The van der Waals surface area contributed by atoms with Crippen molar-refractivity contribution in [1.82, 2.24) is 4.90 Å². The van der Waals surface area contributed by atoms with Gasteiger partial charge >= 0.3 is 0 Å². The van der Waals surface area contributed by atoms with Crippen LogP contribution in [0, 0.1) is 0 Å². The maximum atomic E-state index is 12.6. The zero-order valence-electron chi connectivity index (χ0n) is 16.2. The molecule has 0 aromatic heterocycles. The summed E-state index contributed by atoms with van der Waals surface area (Å²) in [5, 5.41) is 0. The zero-order valence-corrected chi connectivity index (χ0v) is 16.2. The Morgan fingerprint density at radius 3 is 2.44 bits per heavy atom. The van der Waals surface area contributed by atoms with Crippen molar-refractivity contribution in [3.8, 4) is 11.5 Å². The Balaban J connectivity index is 1.98. The van der Waals surface area contributed by atoms with E-state index in [1.54, 1.807) is 25.2 Å². The molecule has 2 aromatic rings. The van der Waals surface area contributed by atoms with Gasteiger partial charge in [-0.15, -0.1) is 0 Å². The molecule has 1 atom stereocenters. The Bertz CT molecular complexity index is 759. The minimum absolute atomic E-state index is 0.0255. The second-order valence-corrected chi connectivity index (χ2v) is 6.17. The fraction of sp³-hybridized carbons (Fsp3) is 0.318. The van der Waals surface area contributed by atoms with Gasteiger partial charge in [0.25, 0.3) is 0 Å². The van der Waals surface area contributed by atoms with E-state index in [0.29, 0.717) is 24.6 Å². The van der Waals surface area contributed by atoms with E-state index in [0.717, 1.165) is 11.1 Å². The lowest BCUT2D eigenvalue weighted by atomic mass is 10.0. The molecule has 0 heterocycles. The molecule has 0 aliphatic heterocycles. The van der Waals surface area contributed by atoms with Crippen molar-refractivity contribution in [2.45, 2.75) is 19.4 Å². The Hall–Kier alpha value is -2.79. The number of nitrogens with zero attached hydrogens (tertiary/aromatic N) is 1. The monoisotopic (exact) mass is 368 g/mol. The van der Waals surface area contributed by atoms with Crippen molar-refractivity contribution in [2.24, 2.45) is 5.73 Å². The van der Waals surface area contributed by atoms with Crippen molar-refractivity contribution in [3.63, 3.8) is 0 Å². The van der Waals surface area contributed by atoms with Crippen LogP contribution in [0.3, 0.4) is 0 Å². The standard InChI is InChI=1S/C22H28N2O3/c1-4-24(14-8-11-17-9-6-5-7-10-17)22(25)16-19(23)18-12-13-20(26-2)21(15-18)27-3/h5-13,15,19H,4,14,16,23H2,1-3H3. The van der Waals surface area contributed by atoms with E-state index in [2.05, 4.69) is 0 Å². The van der Waals surface area contributed by atoms with Crippen LogP contribution in [0.25, 0.3) is 6.08 Å². The third kappa shape index (κ3) is 5.86. The minimum Gasteiger partial charge on any atom is -0.493 e. The number of hydrogen-bond acceptors (Lipinski definition) is 4. The van der Waals surface area contributed by atoms with Crippen molar-refractivity contribution in [1.29, 1.82) is 0 Å². The van der Waals surface area contributed by atoms with Gasteiger partial charge in [0, 0.05) is 25.6 Å². The lowest BCUT2D eigenvalue weighted by molar-refractivity contribution is -0.130. The first kappa shape index (κ1) is 20.5. The van der Waals surface area contributed by atoms with Crippen LogP contribution in [-0.4, -0.2) is 38.1 Å². The third-order valence-electron chi connectivity index (χ3n) is 4.40. The van der Waals surface area contributed by atoms with Crippen LogP contribution in [0.4, 0.5) is 0 Å². The van der Waals surface area contributed by atoms with Crippen molar-refractivity contribution < 1.29 is 14.3 Å². The second-order valence-electron chi connectivity index (χ2n) is 6.17. The van der Waals surface area contributed by atoms with Crippen LogP contribution >= 0.6 is 0 Å². The van der Waals surface area contributed by atoms with Crippen LogP contribution < -0.4 is 15.2 Å². The predicted octanol–water partition coefficient (Wildman–Crippen LogP) is 3.66. The fourth-order valence-electron chi connectivity index (χ4n) is 2.81. The van der Waals surface area contributed by atoms with E-state index in [1.165, 1.54) is 0 Å². The summed E-state index contributed by atoms with van der Waals surface area (Å²) in [4.78, 5) is 14.4. The van der Waals surface area contributed by atoms with Gasteiger partial charge in [0.15, 0.2) is 11.5 Å². The van der Waals surface area contributed by atoms with E-state index in [4.69, 9.17) is 15.2 Å². The molecule has 0 radical (unpaired) electrons. The molecule has 2 rings (SSSR count). The molecule has 2 N–H and O–H groups in total. The van der Waals surface area contributed by atoms with Crippen LogP contribution in [0.15, 0.2) is 54.6 Å². The van der Waals surface area contributed by atoms with Gasteiger partial charge in [0.1, 0.15) is 0 Å². The summed E-state index contributed by atoms with van der Waals surface area (Å²) in [5.74, 6) is 1.27. The topological polar surface area (TPSA) is 64.8 Å². The van der Waals surface area contributed by atoms with Gasteiger partial charge in [0.2, 0.25) is 5.91 Å². The number of amides is 1. The van der Waals surface area contributed by atoms with Crippen molar-refractivity contribution in [2.75, 3.05) is 27.3 Å². The average Bonchev–Trinajstić information content (AvgIpc) is 2.71. The molecule has 144 valence electrons. The fourth-order valence-corrected chi connectivity index (χ4v) is 2.81. The number of methoxy groups -OCH3 is 2. The van der Waals surface area contributed by atoms with Gasteiger partial charge in [-0.3, -0.25) is 4.79 Å². The predicted molar refractivity (Wildman–Crippen MR) is 109 cm³/mol. The summed E-state index contributed by atoms with van der Waals surface area (Å²) in [6.07, 6.45) is 4.26. The third-order valence-corrected chi connectivity index (χ3v) is 4.40. The number of ether oxygens (including phenoxy) is 2. The largest absolute Gasteiger partial charge is 0.493 e. The van der Waals surface area contributed by atoms with Gasteiger partial charge in [-0.25, -0.2) is 0 Å². The normalized spacial score (nSPS) is 12.0. The molecule has 5 nitrogen and oxygen atoms in total. The van der Waals surface area contributed by atoms with E-state index in [-0.39, 0.29) is 12.3 Å². The molecule has 0 aliphatic carbocycles. The summed E-state index contributed by atoms with van der Waals surface area (Å²) in [7, 11) is 3.17. The molecule has 1 amide bonds. The lowest BCUT2D eigenvalue weighted by Crippen LogP contribution is -2.33. The summed E-state index contributed by atoms with van der Waals surface area (Å²) in [6, 6.07) is 15.1. The maximum Gasteiger partial charge on any atom is 0.224 e. The highest BCUT2D eigenvalue weighted by Crippen LogP contribution is 2.30. The quantitative estimate of drug-likeness (QED) is 0.734. The Morgan fingerprint density at radius 2 is 1.81 bits per heavy atom. The number of carbonyl (C=O) groups is 1. The number of benzene rings is 2.